The fraction of sp³-hybridized carbons (Fsp3) is 0.467. The number of nitrogens with zero attached hydrogens (tertiary/aromatic N) is 1. The Bertz CT molecular complexity index is 552. The van der Waals surface area contributed by atoms with E-state index in [4.69, 9.17) is 14.0 Å². The summed E-state index contributed by atoms with van der Waals surface area (Å²) in [4.78, 5) is 24.0. The van der Waals surface area contributed by atoms with Crippen LogP contribution in [0, 0.1) is 0 Å². The minimum Gasteiger partial charge on any atom is -0.481 e. The van der Waals surface area contributed by atoms with Crippen molar-refractivity contribution in [2.45, 2.75) is 38.8 Å². The lowest BCUT2D eigenvalue weighted by Gasteiger charge is -2.30. The molecule has 1 rings (SSSR count). The highest BCUT2D eigenvalue weighted by Crippen LogP contribution is 2.24. The number of rotatable bonds is 4. The second-order valence-corrected chi connectivity index (χ2v) is 5.37. The molecule has 5 heteroatoms. The fourth-order valence-corrected chi connectivity index (χ4v) is 1.64. The molecular weight excluding hydrogens is 258 g/mol. The Morgan fingerprint density at radius 1 is 1.35 bits per heavy atom. The zero-order valence-corrected chi connectivity index (χ0v) is 11.8. The quantitative estimate of drug-likeness (QED) is 0.921. The molecule has 1 amide bonds. The van der Waals surface area contributed by atoms with E-state index < -0.39 is 37.1 Å². The predicted molar refractivity (Wildman–Crippen MR) is 75.4 cm³/mol. The molecule has 0 saturated carbocycles. The lowest BCUT2D eigenvalue weighted by Crippen LogP contribution is -2.37. The predicted octanol–water partition coefficient (Wildman–Crippen LogP) is 3.07. The molecule has 0 unspecified atom stereocenters. The lowest BCUT2D eigenvalue weighted by atomic mass is 10.0. The molecule has 0 bridgehead atoms. The van der Waals surface area contributed by atoms with Crippen molar-refractivity contribution in [2.75, 3.05) is 6.98 Å². The highest BCUT2D eigenvalue weighted by atomic mass is 16.6. The first-order valence-electron chi connectivity index (χ1n) is 7.71. The number of carboxylic acid groups (broad SMARTS) is 1. The minimum absolute atomic E-state index is 0.414. The molecule has 110 valence electrons. The molecule has 0 aliphatic heterocycles. The van der Waals surface area contributed by atoms with Gasteiger partial charge in [-0.3, -0.25) is 4.79 Å². The number of carboxylic acids is 1. The number of aliphatic carboxylic acids is 1. The molecule has 5 nitrogen and oxygen atoms in total. The molecule has 20 heavy (non-hydrogen) atoms. The summed E-state index contributed by atoms with van der Waals surface area (Å²) in [5.41, 5.74) is -0.484. The lowest BCUT2D eigenvalue weighted by molar-refractivity contribution is -0.138. The summed E-state index contributed by atoms with van der Waals surface area (Å²) in [6, 6.07) is 7.02. The van der Waals surface area contributed by atoms with Crippen LogP contribution < -0.4 is 0 Å². The summed E-state index contributed by atoms with van der Waals surface area (Å²) in [6.45, 7) is 1.99. The summed E-state index contributed by atoms with van der Waals surface area (Å²) in [5.74, 6) is -1.21. The van der Waals surface area contributed by atoms with Gasteiger partial charge in [-0.2, -0.15) is 0 Å². The van der Waals surface area contributed by atoms with E-state index in [9.17, 15) is 9.59 Å². The number of hydrogen-bond acceptors (Lipinski definition) is 3. The monoisotopic (exact) mass is 282 g/mol. The fourth-order valence-electron chi connectivity index (χ4n) is 1.64. The van der Waals surface area contributed by atoms with Crippen molar-refractivity contribution in [2.24, 2.45) is 0 Å². The first-order chi connectivity index (χ1) is 10.4. The molecule has 0 heterocycles. The molecule has 0 saturated heterocycles. The third kappa shape index (κ3) is 4.91. The molecule has 1 N–H and O–H groups in total. The van der Waals surface area contributed by atoms with Crippen LogP contribution in [0.2, 0.25) is 0 Å². The third-order valence-corrected chi connectivity index (χ3v) is 2.45. The zero-order valence-electron chi connectivity index (χ0n) is 14.8. The van der Waals surface area contributed by atoms with E-state index in [1.165, 1.54) is 0 Å². The molecule has 1 aromatic rings. The zero-order chi connectivity index (χ0) is 17.8. The number of hydrogen-bond donors (Lipinski definition) is 1. The summed E-state index contributed by atoms with van der Waals surface area (Å²) >= 11 is 0. The van der Waals surface area contributed by atoms with Gasteiger partial charge < -0.3 is 14.7 Å². The van der Waals surface area contributed by atoms with Crippen molar-refractivity contribution in [3.8, 4) is 0 Å². The smallest absolute Gasteiger partial charge is 0.410 e. The molecule has 1 atom stereocenters. The Balaban J connectivity index is 3.28. The van der Waals surface area contributed by atoms with Gasteiger partial charge in [0.25, 0.3) is 0 Å². The summed E-state index contributed by atoms with van der Waals surface area (Å²) < 4.78 is 28.0. The van der Waals surface area contributed by atoms with E-state index in [0.717, 1.165) is 0 Å². The Hall–Kier alpha value is -2.04. The maximum atomic E-state index is 12.4. The number of benzene rings is 1. The second-order valence-electron chi connectivity index (χ2n) is 5.37. The SMILES string of the molecule is [2H]C([2H])([2H])N(C(=O)OC(C)(C)C)[C@H](CC(=O)O)c1ccccc1. The number of carbonyl (C=O) groups is 2. The van der Waals surface area contributed by atoms with Crippen LogP contribution in [-0.4, -0.2) is 34.6 Å². The molecule has 1 aromatic carbocycles. The summed E-state index contributed by atoms with van der Waals surface area (Å²) in [7, 11) is 0. The summed E-state index contributed by atoms with van der Waals surface area (Å²) in [6.07, 6.45) is -1.62. The van der Waals surface area contributed by atoms with Crippen molar-refractivity contribution >= 4 is 12.1 Å². The van der Waals surface area contributed by atoms with Crippen molar-refractivity contribution in [3.63, 3.8) is 0 Å². The van der Waals surface area contributed by atoms with E-state index in [2.05, 4.69) is 0 Å². The van der Waals surface area contributed by atoms with Gasteiger partial charge in [0, 0.05) is 11.1 Å². The van der Waals surface area contributed by atoms with E-state index in [-0.39, 0.29) is 0 Å². The first-order valence-corrected chi connectivity index (χ1v) is 6.21. The molecule has 0 aliphatic carbocycles. The Morgan fingerprint density at radius 2 is 1.95 bits per heavy atom. The maximum absolute atomic E-state index is 12.4. The van der Waals surface area contributed by atoms with Crippen LogP contribution in [0.4, 0.5) is 4.79 Å². The molecule has 0 spiro atoms. The van der Waals surface area contributed by atoms with Crippen molar-refractivity contribution in [3.05, 3.63) is 35.9 Å². The van der Waals surface area contributed by atoms with Gasteiger partial charge in [0.1, 0.15) is 5.60 Å². The Morgan fingerprint density at radius 3 is 2.40 bits per heavy atom. The van der Waals surface area contributed by atoms with Crippen molar-refractivity contribution < 1.29 is 23.5 Å². The van der Waals surface area contributed by atoms with Gasteiger partial charge >= 0.3 is 12.1 Å². The molecular formula is C15H21NO4. The van der Waals surface area contributed by atoms with Gasteiger partial charge in [-0.15, -0.1) is 0 Å². The van der Waals surface area contributed by atoms with Crippen LogP contribution in [0.5, 0.6) is 0 Å². The standard InChI is InChI=1S/C15H21NO4/c1-15(2,3)20-14(19)16(4)12(10-13(17)18)11-8-6-5-7-9-11/h5-9,12H,10H2,1-4H3,(H,17,18)/t12-/m1/s1/i4D3. The molecule has 0 aliphatic rings. The Kier molecular flexibility index (Phi) is 3.77. The van der Waals surface area contributed by atoms with Crippen LogP contribution in [0.25, 0.3) is 0 Å². The Labute approximate surface area is 123 Å². The van der Waals surface area contributed by atoms with Gasteiger partial charge in [0.15, 0.2) is 0 Å². The topological polar surface area (TPSA) is 66.8 Å². The van der Waals surface area contributed by atoms with Crippen molar-refractivity contribution in [1.29, 1.82) is 0 Å². The van der Waals surface area contributed by atoms with Gasteiger partial charge in [-0.05, 0) is 26.3 Å². The second kappa shape index (κ2) is 6.41. The van der Waals surface area contributed by atoms with Gasteiger partial charge in [-0.25, -0.2) is 4.79 Å². The minimum atomic E-state index is -2.84. The molecule has 0 aromatic heterocycles. The van der Waals surface area contributed by atoms with Crippen LogP contribution >= 0.6 is 0 Å². The van der Waals surface area contributed by atoms with Crippen molar-refractivity contribution in [1.82, 2.24) is 4.90 Å². The van der Waals surface area contributed by atoms with E-state index in [1.54, 1.807) is 51.1 Å². The van der Waals surface area contributed by atoms with Crippen LogP contribution in [0.1, 0.15) is 42.9 Å². The number of ether oxygens (including phenoxy) is 1. The highest BCUT2D eigenvalue weighted by Gasteiger charge is 2.27. The largest absolute Gasteiger partial charge is 0.481 e. The first kappa shape index (κ1) is 11.8. The average molecular weight is 282 g/mol. The normalized spacial score (nSPS) is 15.4. The van der Waals surface area contributed by atoms with E-state index in [1.807, 2.05) is 0 Å². The maximum Gasteiger partial charge on any atom is 0.410 e. The number of carbonyl (C=O) groups excluding carboxylic acids is 1. The molecule has 0 radical (unpaired) electrons. The average Bonchev–Trinajstić information content (AvgIpc) is 2.34. The molecule has 0 fully saturated rings. The van der Waals surface area contributed by atoms with Gasteiger partial charge in [0.05, 0.1) is 12.5 Å². The van der Waals surface area contributed by atoms with Crippen LogP contribution in [0.15, 0.2) is 30.3 Å². The van der Waals surface area contributed by atoms with Gasteiger partial charge in [-0.1, -0.05) is 30.3 Å². The summed E-state index contributed by atoms with van der Waals surface area (Å²) in [5, 5.41) is 9.11. The number of amides is 1. The van der Waals surface area contributed by atoms with Crippen LogP contribution in [0.3, 0.4) is 0 Å². The van der Waals surface area contributed by atoms with Gasteiger partial charge in [0.2, 0.25) is 0 Å². The third-order valence-electron chi connectivity index (χ3n) is 2.45. The van der Waals surface area contributed by atoms with Crippen LogP contribution in [-0.2, 0) is 9.53 Å². The highest BCUT2D eigenvalue weighted by molar-refractivity contribution is 5.72. The van der Waals surface area contributed by atoms with E-state index in [0.29, 0.717) is 10.5 Å². The van der Waals surface area contributed by atoms with E-state index >= 15 is 0 Å².